The van der Waals surface area contributed by atoms with Gasteiger partial charge in [0.1, 0.15) is 9.93 Å². The van der Waals surface area contributed by atoms with Gasteiger partial charge in [-0.2, -0.15) is 5.10 Å². The number of aliphatic hydroxyl groups is 1. The van der Waals surface area contributed by atoms with Crippen molar-refractivity contribution in [3.8, 4) is 0 Å². The second-order valence-corrected chi connectivity index (χ2v) is 8.54. The molecule has 0 bridgehead atoms. The highest BCUT2D eigenvalue weighted by molar-refractivity contribution is 14.1. The number of hydrogen-bond donors (Lipinski definition) is 2. The molecule has 0 radical (unpaired) electrons. The Balaban J connectivity index is 1.76. The van der Waals surface area contributed by atoms with E-state index in [1.807, 2.05) is 25.5 Å². The molecule has 1 aromatic rings. The monoisotopic (exact) mass is 466 g/mol. The maximum absolute atomic E-state index is 9.80. The third kappa shape index (κ3) is 7.48. The first kappa shape index (κ1) is 21.0. The summed E-state index contributed by atoms with van der Waals surface area (Å²) in [5.41, 5.74) is 0.827. The molecular weight excluding hydrogens is 435 g/mol. The molecule has 144 valence electrons. The van der Waals surface area contributed by atoms with Crippen molar-refractivity contribution in [2.75, 3.05) is 26.7 Å². The standard InChI is InChI=1S/C17H31IN4O3/c1-17(2,3)25-16(23)19-8-9-21(4)11-13-12-22(20-15(13)18)14-7-5-6-10-24-14/h12,14,16,19,23H,5-11H2,1-4H3. The van der Waals surface area contributed by atoms with Crippen LogP contribution in [0, 0.1) is 3.70 Å². The highest BCUT2D eigenvalue weighted by Gasteiger charge is 2.19. The minimum Gasteiger partial charge on any atom is -0.357 e. The fourth-order valence-corrected chi connectivity index (χ4v) is 3.28. The van der Waals surface area contributed by atoms with E-state index in [0.29, 0.717) is 6.54 Å². The molecule has 2 rings (SSSR count). The van der Waals surface area contributed by atoms with E-state index < -0.39 is 6.41 Å². The highest BCUT2D eigenvalue weighted by Crippen LogP contribution is 2.24. The number of rotatable bonds is 8. The summed E-state index contributed by atoms with van der Waals surface area (Å²) in [6.07, 6.45) is 4.60. The summed E-state index contributed by atoms with van der Waals surface area (Å²) in [7, 11) is 2.06. The van der Waals surface area contributed by atoms with Crippen LogP contribution in [0.5, 0.6) is 0 Å². The molecule has 1 saturated heterocycles. The first-order chi connectivity index (χ1) is 11.7. The molecule has 2 heterocycles. The summed E-state index contributed by atoms with van der Waals surface area (Å²) in [4.78, 5) is 2.20. The Morgan fingerprint density at radius 1 is 1.52 bits per heavy atom. The van der Waals surface area contributed by atoms with Crippen LogP contribution in [0.25, 0.3) is 0 Å². The van der Waals surface area contributed by atoms with E-state index in [-0.39, 0.29) is 11.8 Å². The van der Waals surface area contributed by atoms with Crippen LogP contribution in [0.4, 0.5) is 0 Å². The zero-order valence-electron chi connectivity index (χ0n) is 15.7. The van der Waals surface area contributed by atoms with Gasteiger partial charge in [-0.15, -0.1) is 0 Å². The van der Waals surface area contributed by atoms with Gasteiger partial charge in [0.05, 0.1) is 5.60 Å². The molecule has 7 nitrogen and oxygen atoms in total. The van der Waals surface area contributed by atoms with Crippen molar-refractivity contribution in [3.05, 3.63) is 15.5 Å². The van der Waals surface area contributed by atoms with E-state index in [0.717, 1.165) is 36.2 Å². The Kier molecular flexibility index (Phi) is 8.09. The van der Waals surface area contributed by atoms with Crippen molar-refractivity contribution in [3.63, 3.8) is 0 Å². The number of aliphatic hydroxyl groups excluding tert-OH is 1. The van der Waals surface area contributed by atoms with Crippen molar-refractivity contribution in [2.45, 2.75) is 64.8 Å². The van der Waals surface area contributed by atoms with Gasteiger partial charge in [-0.3, -0.25) is 5.32 Å². The first-order valence-corrected chi connectivity index (χ1v) is 9.95. The van der Waals surface area contributed by atoms with E-state index in [2.05, 4.69) is 51.2 Å². The zero-order valence-corrected chi connectivity index (χ0v) is 17.8. The van der Waals surface area contributed by atoms with Crippen LogP contribution in [0.15, 0.2) is 6.20 Å². The van der Waals surface area contributed by atoms with Crippen LogP contribution < -0.4 is 5.32 Å². The molecule has 2 atom stereocenters. The number of aromatic nitrogens is 2. The molecular formula is C17H31IN4O3. The molecule has 1 aliphatic heterocycles. The summed E-state index contributed by atoms with van der Waals surface area (Å²) < 4.78 is 14.2. The normalized spacial score (nSPS) is 20.2. The van der Waals surface area contributed by atoms with Crippen LogP contribution in [-0.2, 0) is 16.0 Å². The molecule has 0 spiro atoms. The predicted molar refractivity (Wildman–Crippen MR) is 105 cm³/mol. The summed E-state index contributed by atoms with van der Waals surface area (Å²) in [5.74, 6) is 0. The largest absolute Gasteiger partial charge is 0.357 e. The quantitative estimate of drug-likeness (QED) is 0.453. The fraction of sp³-hybridized carbons (Fsp3) is 0.824. The topological polar surface area (TPSA) is 71.8 Å². The number of halogens is 1. The SMILES string of the molecule is CN(CCNC(O)OC(C)(C)C)Cc1cn(C2CCCCO2)nc1I. The highest BCUT2D eigenvalue weighted by atomic mass is 127. The van der Waals surface area contributed by atoms with Gasteiger partial charge >= 0.3 is 0 Å². The third-order valence-electron chi connectivity index (χ3n) is 3.92. The van der Waals surface area contributed by atoms with E-state index in [9.17, 15) is 5.11 Å². The number of likely N-dealkylation sites (N-methyl/N-ethyl adjacent to an activating group) is 1. The molecule has 2 N–H and O–H groups in total. The minimum atomic E-state index is -0.945. The van der Waals surface area contributed by atoms with Crippen molar-refractivity contribution < 1.29 is 14.6 Å². The van der Waals surface area contributed by atoms with Crippen LogP contribution >= 0.6 is 22.6 Å². The van der Waals surface area contributed by atoms with E-state index >= 15 is 0 Å². The number of hydrogen-bond acceptors (Lipinski definition) is 6. The van der Waals surface area contributed by atoms with Gasteiger partial charge in [0.25, 0.3) is 0 Å². The Morgan fingerprint density at radius 2 is 2.28 bits per heavy atom. The Bertz CT molecular complexity index is 526. The van der Waals surface area contributed by atoms with E-state index in [4.69, 9.17) is 9.47 Å². The molecule has 0 aliphatic carbocycles. The van der Waals surface area contributed by atoms with Gasteiger partial charge < -0.3 is 19.5 Å². The lowest BCUT2D eigenvalue weighted by Gasteiger charge is -2.25. The van der Waals surface area contributed by atoms with Crippen LogP contribution in [0.3, 0.4) is 0 Å². The summed E-state index contributed by atoms with van der Waals surface area (Å²) >= 11 is 2.28. The zero-order chi connectivity index (χ0) is 18.4. The molecule has 2 unspecified atom stereocenters. The van der Waals surface area contributed by atoms with Crippen LogP contribution in [-0.4, -0.2) is 58.5 Å². The average Bonchev–Trinajstić information content (AvgIpc) is 2.87. The summed E-state index contributed by atoms with van der Waals surface area (Å²) in [6.45, 7) is 8.82. The van der Waals surface area contributed by atoms with Gasteiger partial charge in [0.15, 0.2) is 0 Å². The lowest BCUT2D eigenvalue weighted by atomic mass is 10.2. The Labute approximate surface area is 164 Å². The lowest BCUT2D eigenvalue weighted by molar-refractivity contribution is -0.181. The van der Waals surface area contributed by atoms with Crippen molar-refractivity contribution in [2.24, 2.45) is 0 Å². The second-order valence-electron chi connectivity index (χ2n) is 7.52. The smallest absolute Gasteiger partial charge is 0.214 e. The molecule has 0 amide bonds. The maximum atomic E-state index is 9.80. The van der Waals surface area contributed by atoms with Gasteiger partial charge in [-0.25, -0.2) is 4.68 Å². The maximum Gasteiger partial charge on any atom is 0.214 e. The number of nitrogens with one attached hydrogen (secondary N) is 1. The predicted octanol–water partition coefficient (Wildman–Crippen LogP) is 2.30. The molecule has 1 fully saturated rings. The van der Waals surface area contributed by atoms with Crippen molar-refractivity contribution >= 4 is 22.6 Å². The summed E-state index contributed by atoms with van der Waals surface area (Å²) in [5, 5.41) is 17.4. The van der Waals surface area contributed by atoms with Gasteiger partial charge in [-0.1, -0.05) is 0 Å². The lowest BCUT2D eigenvalue weighted by Crippen LogP contribution is -2.41. The third-order valence-corrected chi connectivity index (χ3v) is 4.83. The van der Waals surface area contributed by atoms with Gasteiger partial charge in [0.2, 0.25) is 6.41 Å². The molecule has 1 aliphatic rings. The molecule has 0 saturated carbocycles. The van der Waals surface area contributed by atoms with Crippen molar-refractivity contribution in [1.29, 1.82) is 0 Å². The minimum absolute atomic E-state index is 0.0766. The number of nitrogens with zero attached hydrogens (tertiary/aromatic N) is 3. The fourth-order valence-electron chi connectivity index (χ4n) is 2.72. The molecule has 1 aromatic heterocycles. The van der Waals surface area contributed by atoms with E-state index in [1.54, 1.807) is 0 Å². The Hall–Kier alpha value is -0.260. The second kappa shape index (κ2) is 9.61. The van der Waals surface area contributed by atoms with Gasteiger partial charge in [-0.05, 0) is 69.7 Å². The first-order valence-electron chi connectivity index (χ1n) is 8.87. The van der Waals surface area contributed by atoms with E-state index in [1.165, 1.54) is 12.0 Å². The molecule has 25 heavy (non-hydrogen) atoms. The number of ether oxygens (including phenoxy) is 2. The van der Waals surface area contributed by atoms with Crippen LogP contribution in [0.2, 0.25) is 0 Å². The average molecular weight is 466 g/mol. The Morgan fingerprint density at radius 3 is 2.92 bits per heavy atom. The molecule has 8 heteroatoms. The van der Waals surface area contributed by atoms with Crippen molar-refractivity contribution in [1.82, 2.24) is 20.0 Å². The van der Waals surface area contributed by atoms with Gasteiger partial charge in [0, 0.05) is 38.0 Å². The van der Waals surface area contributed by atoms with Crippen LogP contribution in [0.1, 0.15) is 51.8 Å². The molecule has 0 aromatic carbocycles. The summed E-state index contributed by atoms with van der Waals surface area (Å²) in [6, 6.07) is 0.